The topological polar surface area (TPSA) is 46.3 Å². The summed E-state index contributed by atoms with van der Waals surface area (Å²) in [5.74, 6) is 1.30. The number of amides is 1. The number of aryl methyl sites for hydroxylation is 1. The van der Waals surface area contributed by atoms with Gasteiger partial charge in [0.25, 0.3) is 5.91 Å². The summed E-state index contributed by atoms with van der Waals surface area (Å²) in [6.07, 6.45) is 5.52. The summed E-state index contributed by atoms with van der Waals surface area (Å²) >= 11 is 0. The monoisotopic (exact) mass is 296 g/mol. The summed E-state index contributed by atoms with van der Waals surface area (Å²) in [5, 5.41) is 3.98. The number of carbonyl (C=O) groups excluding carboxylic acids is 1. The van der Waals surface area contributed by atoms with E-state index in [4.69, 9.17) is 4.52 Å². The second-order valence-corrected chi connectivity index (χ2v) is 6.41. The molecule has 22 heavy (non-hydrogen) atoms. The summed E-state index contributed by atoms with van der Waals surface area (Å²) in [6.45, 7) is 0. The van der Waals surface area contributed by atoms with E-state index in [1.54, 1.807) is 0 Å². The fraction of sp³-hybridized carbons (Fsp3) is 0.444. The highest BCUT2D eigenvalue weighted by Crippen LogP contribution is 2.40. The molecule has 2 aromatic rings. The predicted molar refractivity (Wildman–Crippen MR) is 82.7 cm³/mol. The molecule has 0 radical (unpaired) electrons. The number of hydrogen-bond acceptors (Lipinski definition) is 3. The Hall–Kier alpha value is -2.10. The number of rotatable bonds is 3. The highest BCUT2D eigenvalue weighted by atomic mass is 16.5. The zero-order valence-corrected chi connectivity index (χ0v) is 12.8. The van der Waals surface area contributed by atoms with E-state index in [0.717, 1.165) is 37.9 Å². The Morgan fingerprint density at radius 2 is 2.09 bits per heavy atom. The molecule has 4 nitrogen and oxygen atoms in total. The maximum Gasteiger partial charge on any atom is 0.276 e. The van der Waals surface area contributed by atoms with Crippen molar-refractivity contribution >= 4 is 5.91 Å². The summed E-state index contributed by atoms with van der Waals surface area (Å²) in [7, 11) is 1.88. The zero-order valence-electron chi connectivity index (χ0n) is 12.8. The van der Waals surface area contributed by atoms with Crippen LogP contribution < -0.4 is 0 Å². The minimum absolute atomic E-state index is 0.0441. The van der Waals surface area contributed by atoms with Crippen LogP contribution in [0.1, 0.15) is 65.0 Å². The number of aromatic nitrogens is 1. The molecule has 1 unspecified atom stereocenters. The van der Waals surface area contributed by atoms with Gasteiger partial charge in [0.2, 0.25) is 0 Å². The lowest BCUT2D eigenvalue weighted by atomic mass is 9.87. The summed E-state index contributed by atoms with van der Waals surface area (Å²) in [5.41, 5.74) is 3.07. The quantitative estimate of drug-likeness (QED) is 0.867. The first-order chi connectivity index (χ1) is 10.7. The van der Waals surface area contributed by atoms with Gasteiger partial charge in [-0.15, -0.1) is 0 Å². The average Bonchev–Trinajstić information content (AvgIpc) is 3.30. The fourth-order valence-electron chi connectivity index (χ4n) is 3.40. The summed E-state index contributed by atoms with van der Waals surface area (Å²) < 4.78 is 5.32. The van der Waals surface area contributed by atoms with Crippen LogP contribution in [0, 0.1) is 0 Å². The molecule has 1 fully saturated rings. The third-order valence-corrected chi connectivity index (χ3v) is 4.85. The summed E-state index contributed by atoms with van der Waals surface area (Å²) in [4.78, 5) is 14.5. The van der Waals surface area contributed by atoms with Crippen LogP contribution in [0.5, 0.6) is 0 Å². The van der Waals surface area contributed by atoms with E-state index in [-0.39, 0.29) is 11.9 Å². The molecule has 2 aliphatic carbocycles. The Bertz CT molecular complexity index is 703. The molecule has 1 atom stereocenters. The van der Waals surface area contributed by atoms with Crippen molar-refractivity contribution in [3.8, 4) is 0 Å². The zero-order chi connectivity index (χ0) is 15.1. The number of hydrogen-bond donors (Lipinski definition) is 0. The lowest BCUT2D eigenvalue weighted by molar-refractivity contribution is 0.0704. The highest BCUT2D eigenvalue weighted by molar-refractivity contribution is 5.92. The van der Waals surface area contributed by atoms with Crippen LogP contribution in [0.25, 0.3) is 0 Å². The minimum atomic E-state index is -0.0441. The van der Waals surface area contributed by atoms with Gasteiger partial charge in [-0.1, -0.05) is 29.4 Å². The van der Waals surface area contributed by atoms with Gasteiger partial charge in [0.05, 0.1) is 6.04 Å². The van der Waals surface area contributed by atoms with E-state index in [9.17, 15) is 4.79 Å². The minimum Gasteiger partial charge on any atom is -0.360 e. The number of fused-ring (bicyclic) bond motifs is 1. The molecule has 1 amide bonds. The Labute approximate surface area is 130 Å². The van der Waals surface area contributed by atoms with Gasteiger partial charge in [-0.05, 0) is 43.2 Å². The molecule has 0 spiro atoms. The van der Waals surface area contributed by atoms with Crippen LogP contribution in [0.2, 0.25) is 0 Å². The molecule has 0 aliphatic heterocycles. The Balaban J connectivity index is 1.58. The lowest BCUT2D eigenvalue weighted by Crippen LogP contribution is -2.33. The van der Waals surface area contributed by atoms with Crippen LogP contribution in [0.3, 0.4) is 0 Å². The third-order valence-electron chi connectivity index (χ3n) is 4.85. The molecule has 4 heteroatoms. The van der Waals surface area contributed by atoms with E-state index in [1.165, 1.54) is 11.1 Å². The number of carbonyl (C=O) groups is 1. The van der Waals surface area contributed by atoms with Crippen molar-refractivity contribution in [1.82, 2.24) is 10.1 Å². The first-order valence-corrected chi connectivity index (χ1v) is 8.05. The molecule has 4 rings (SSSR count). The number of benzene rings is 1. The van der Waals surface area contributed by atoms with Crippen LogP contribution >= 0.6 is 0 Å². The second-order valence-electron chi connectivity index (χ2n) is 6.41. The first kappa shape index (κ1) is 13.6. The standard InChI is InChI=1S/C18H20N2O2/c1-20(16-8-4-6-12-5-2-3-7-14(12)16)18(21)15-11-17(22-19-15)13-9-10-13/h2-3,5,7,11,13,16H,4,6,8-10H2,1H3. The molecular weight excluding hydrogens is 276 g/mol. The Kier molecular flexibility index (Phi) is 3.25. The fourth-order valence-corrected chi connectivity index (χ4v) is 3.40. The van der Waals surface area contributed by atoms with Gasteiger partial charge in [-0.2, -0.15) is 0 Å². The second kappa shape index (κ2) is 5.27. The first-order valence-electron chi connectivity index (χ1n) is 8.05. The number of nitrogens with zero attached hydrogens (tertiary/aromatic N) is 2. The van der Waals surface area contributed by atoms with Crippen molar-refractivity contribution < 1.29 is 9.32 Å². The van der Waals surface area contributed by atoms with E-state index >= 15 is 0 Å². The van der Waals surface area contributed by atoms with E-state index in [0.29, 0.717) is 11.6 Å². The maximum absolute atomic E-state index is 12.7. The molecule has 1 heterocycles. The van der Waals surface area contributed by atoms with Gasteiger partial charge in [0, 0.05) is 19.0 Å². The third kappa shape index (κ3) is 2.32. The molecular formula is C18H20N2O2. The van der Waals surface area contributed by atoms with Crippen molar-refractivity contribution in [2.24, 2.45) is 0 Å². The van der Waals surface area contributed by atoms with Gasteiger partial charge in [0.15, 0.2) is 5.69 Å². The van der Waals surface area contributed by atoms with Crippen molar-refractivity contribution in [2.45, 2.75) is 44.1 Å². The molecule has 114 valence electrons. The van der Waals surface area contributed by atoms with Crippen LogP contribution in [0.4, 0.5) is 0 Å². The molecule has 0 saturated heterocycles. The smallest absolute Gasteiger partial charge is 0.276 e. The van der Waals surface area contributed by atoms with Gasteiger partial charge in [0.1, 0.15) is 5.76 Å². The Morgan fingerprint density at radius 3 is 2.91 bits per heavy atom. The molecule has 1 saturated carbocycles. The van der Waals surface area contributed by atoms with Crippen molar-refractivity contribution in [2.75, 3.05) is 7.05 Å². The molecule has 1 aromatic heterocycles. The van der Waals surface area contributed by atoms with Crippen molar-refractivity contribution in [1.29, 1.82) is 0 Å². The molecule has 2 aliphatic rings. The molecule has 0 N–H and O–H groups in total. The van der Waals surface area contributed by atoms with Gasteiger partial charge < -0.3 is 9.42 Å². The van der Waals surface area contributed by atoms with Crippen LogP contribution in [-0.2, 0) is 6.42 Å². The van der Waals surface area contributed by atoms with E-state index < -0.39 is 0 Å². The van der Waals surface area contributed by atoms with E-state index in [1.807, 2.05) is 18.0 Å². The van der Waals surface area contributed by atoms with E-state index in [2.05, 4.69) is 29.4 Å². The largest absolute Gasteiger partial charge is 0.360 e. The average molecular weight is 296 g/mol. The lowest BCUT2D eigenvalue weighted by Gasteiger charge is -2.32. The molecule has 0 bridgehead atoms. The van der Waals surface area contributed by atoms with Crippen molar-refractivity contribution in [3.63, 3.8) is 0 Å². The maximum atomic E-state index is 12.7. The Morgan fingerprint density at radius 1 is 1.27 bits per heavy atom. The highest BCUT2D eigenvalue weighted by Gasteiger charge is 2.32. The van der Waals surface area contributed by atoms with Gasteiger partial charge in [-0.25, -0.2) is 0 Å². The SMILES string of the molecule is CN(C(=O)c1cc(C2CC2)on1)C1CCCc2ccccc21. The van der Waals surface area contributed by atoms with Crippen LogP contribution in [-0.4, -0.2) is 23.0 Å². The summed E-state index contributed by atoms with van der Waals surface area (Å²) in [6, 6.07) is 10.4. The molecule has 1 aromatic carbocycles. The van der Waals surface area contributed by atoms with Crippen molar-refractivity contribution in [3.05, 3.63) is 52.9 Å². The predicted octanol–water partition coefficient (Wildman–Crippen LogP) is 3.70. The van der Waals surface area contributed by atoms with Crippen LogP contribution in [0.15, 0.2) is 34.9 Å². The normalized spacial score (nSPS) is 20.5. The van der Waals surface area contributed by atoms with Gasteiger partial charge >= 0.3 is 0 Å². The van der Waals surface area contributed by atoms with Gasteiger partial charge in [-0.3, -0.25) is 4.79 Å².